The monoisotopic (exact) mass is 320 g/mol. The van der Waals surface area contributed by atoms with Gasteiger partial charge in [-0.25, -0.2) is 5.43 Å². The summed E-state index contributed by atoms with van der Waals surface area (Å²) in [5, 5.41) is 23.4. The maximum atomic E-state index is 11.9. The predicted molar refractivity (Wildman–Crippen MR) is 82.8 cm³/mol. The summed E-state index contributed by atoms with van der Waals surface area (Å²) in [7, 11) is 1.50. The Morgan fingerprint density at radius 2 is 2.00 bits per heavy atom. The van der Waals surface area contributed by atoms with Crippen molar-refractivity contribution in [3.8, 4) is 17.2 Å². The van der Waals surface area contributed by atoms with E-state index in [1.807, 2.05) is 0 Å². The molecule has 114 valence electrons. The molecule has 3 N–H and O–H groups in total. The molecule has 6 nitrogen and oxygen atoms in total. The fourth-order valence-electron chi connectivity index (χ4n) is 1.68. The second kappa shape index (κ2) is 6.82. The van der Waals surface area contributed by atoms with E-state index >= 15 is 0 Å². The number of nitrogens with one attached hydrogen (secondary N) is 1. The summed E-state index contributed by atoms with van der Waals surface area (Å²) in [6.45, 7) is 0. The lowest BCUT2D eigenvalue weighted by Gasteiger charge is -2.04. The van der Waals surface area contributed by atoms with Crippen LogP contribution >= 0.6 is 11.6 Å². The Bertz CT molecular complexity index is 731. The first-order chi connectivity index (χ1) is 10.5. The van der Waals surface area contributed by atoms with Crippen LogP contribution in [0.4, 0.5) is 0 Å². The zero-order chi connectivity index (χ0) is 16.1. The van der Waals surface area contributed by atoms with E-state index < -0.39 is 5.91 Å². The molecule has 0 bridgehead atoms. The van der Waals surface area contributed by atoms with Gasteiger partial charge >= 0.3 is 0 Å². The van der Waals surface area contributed by atoms with E-state index in [9.17, 15) is 15.0 Å². The van der Waals surface area contributed by atoms with Gasteiger partial charge in [-0.15, -0.1) is 0 Å². The molecule has 7 heteroatoms. The molecule has 0 atom stereocenters. The van der Waals surface area contributed by atoms with Gasteiger partial charge in [-0.3, -0.25) is 4.79 Å². The normalized spacial score (nSPS) is 10.6. The summed E-state index contributed by atoms with van der Waals surface area (Å²) in [6, 6.07) is 8.72. The van der Waals surface area contributed by atoms with Crippen molar-refractivity contribution in [3.63, 3.8) is 0 Å². The van der Waals surface area contributed by atoms with Gasteiger partial charge in [-0.05, 0) is 36.4 Å². The number of benzene rings is 2. The first kappa shape index (κ1) is 15.7. The average Bonchev–Trinajstić information content (AvgIpc) is 2.49. The molecule has 2 aromatic carbocycles. The largest absolute Gasteiger partial charge is 0.507 e. The number of hydrogen-bond donors (Lipinski definition) is 3. The van der Waals surface area contributed by atoms with Crippen LogP contribution in [-0.4, -0.2) is 29.4 Å². The number of amides is 1. The molecule has 0 aliphatic carbocycles. The lowest BCUT2D eigenvalue weighted by molar-refractivity contribution is 0.0952. The van der Waals surface area contributed by atoms with Gasteiger partial charge in [-0.1, -0.05) is 11.6 Å². The van der Waals surface area contributed by atoms with Crippen molar-refractivity contribution in [3.05, 3.63) is 52.5 Å². The number of methoxy groups -OCH3 is 1. The highest BCUT2D eigenvalue weighted by molar-refractivity contribution is 6.30. The van der Waals surface area contributed by atoms with E-state index in [4.69, 9.17) is 16.3 Å². The molecule has 0 unspecified atom stereocenters. The minimum Gasteiger partial charge on any atom is -0.507 e. The Hall–Kier alpha value is -2.73. The number of ether oxygens (including phenoxy) is 1. The van der Waals surface area contributed by atoms with Crippen LogP contribution < -0.4 is 10.2 Å². The number of phenols is 2. The van der Waals surface area contributed by atoms with Gasteiger partial charge in [0, 0.05) is 10.6 Å². The summed E-state index contributed by atoms with van der Waals surface area (Å²) < 4.78 is 5.03. The van der Waals surface area contributed by atoms with Crippen LogP contribution in [0.25, 0.3) is 0 Å². The van der Waals surface area contributed by atoms with Crippen LogP contribution in [0.1, 0.15) is 15.9 Å². The highest BCUT2D eigenvalue weighted by atomic mass is 35.5. The summed E-state index contributed by atoms with van der Waals surface area (Å²) in [5.41, 5.74) is 2.66. The Balaban J connectivity index is 2.10. The van der Waals surface area contributed by atoms with Crippen molar-refractivity contribution in [1.82, 2.24) is 5.43 Å². The fourth-order valence-corrected chi connectivity index (χ4v) is 1.85. The second-order valence-electron chi connectivity index (χ2n) is 4.29. The first-order valence-corrected chi connectivity index (χ1v) is 6.58. The topological polar surface area (TPSA) is 91.2 Å². The van der Waals surface area contributed by atoms with Gasteiger partial charge in [0.2, 0.25) is 0 Å². The molecule has 0 heterocycles. The van der Waals surface area contributed by atoms with E-state index in [-0.39, 0.29) is 17.1 Å². The number of hydrogen-bond acceptors (Lipinski definition) is 5. The molecule has 0 saturated carbocycles. The summed E-state index contributed by atoms with van der Waals surface area (Å²) in [6.07, 6.45) is 1.27. The molecule has 0 spiro atoms. The minimum absolute atomic E-state index is 0.00635. The van der Waals surface area contributed by atoms with E-state index in [0.29, 0.717) is 16.3 Å². The third-order valence-electron chi connectivity index (χ3n) is 2.81. The van der Waals surface area contributed by atoms with Gasteiger partial charge in [0.1, 0.15) is 17.2 Å². The zero-order valence-corrected chi connectivity index (χ0v) is 12.3. The maximum absolute atomic E-state index is 11.9. The predicted octanol–water partition coefficient (Wildman–Crippen LogP) is 2.52. The highest BCUT2D eigenvalue weighted by Gasteiger charge is 2.10. The molecule has 0 aliphatic heterocycles. The third-order valence-corrected chi connectivity index (χ3v) is 3.04. The third kappa shape index (κ3) is 3.67. The summed E-state index contributed by atoms with van der Waals surface area (Å²) in [4.78, 5) is 11.9. The SMILES string of the molecule is COc1ccc(O)c(C=NNC(=O)c2ccc(Cl)cc2O)c1. The van der Waals surface area contributed by atoms with Crippen LogP contribution in [0.5, 0.6) is 17.2 Å². The molecule has 2 aromatic rings. The highest BCUT2D eigenvalue weighted by Crippen LogP contribution is 2.22. The molecule has 0 aromatic heterocycles. The molecular weight excluding hydrogens is 308 g/mol. The molecule has 0 radical (unpaired) electrons. The number of carbonyl (C=O) groups is 1. The van der Waals surface area contributed by atoms with Crippen LogP contribution in [0, 0.1) is 0 Å². The molecule has 0 aliphatic rings. The van der Waals surface area contributed by atoms with Crippen molar-refractivity contribution < 1.29 is 19.7 Å². The zero-order valence-electron chi connectivity index (χ0n) is 11.6. The fraction of sp³-hybridized carbons (Fsp3) is 0.0667. The van der Waals surface area contributed by atoms with Crippen LogP contribution in [0.15, 0.2) is 41.5 Å². The number of carbonyl (C=O) groups excluding carboxylic acids is 1. The van der Waals surface area contributed by atoms with E-state index in [2.05, 4.69) is 10.5 Å². The lowest BCUT2D eigenvalue weighted by atomic mass is 10.2. The molecule has 0 saturated heterocycles. The van der Waals surface area contributed by atoms with E-state index in [1.54, 1.807) is 12.1 Å². The molecular formula is C15H13ClN2O4. The maximum Gasteiger partial charge on any atom is 0.275 e. The quantitative estimate of drug-likeness (QED) is 0.596. The van der Waals surface area contributed by atoms with Crippen LogP contribution in [-0.2, 0) is 0 Å². The Morgan fingerprint density at radius 1 is 1.23 bits per heavy atom. The number of phenolic OH excluding ortho intramolecular Hbond substituents is 2. The standard InChI is InChI=1S/C15H13ClN2O4/c1-22-11-3-5-13(19)9(6-11)8-17-18-15(21)12-4-2-10(16)7-14(12)20/h2-8,19-20H,1H3,(H,18,21). The molecule has 0 fully saturated rings. The number of aromatic hydroxyl groups is 2. The van der Waals surface area contributed by atoms with Crippen molar-refractivity contribution in [2.45, 2.75) is 0 Å². The molecule has 1 amide bonds. The average molecular weight is 321 g/mol. The van der Waals surface area contributed by atoms with Gasteiger partial charge in [0.25, 0.3) is 5.91 Å². The van der Waals surface area contributed by atoms with Crippen molar-refractivity contribution in [1.29, 1.82) is 0 Å². The molecule has 2 rings (SSSR count). The van der Waals surface area contributed by atoms with Gasteiger partial charge in [0.15, 0.2) is 0 Å². The van der Waals surface area contributed by atoms with Gasteiger partial charge < -0.3 is 14.9 Å². The molecule has 22 heavy (non-hydrogen) atoms. The minimum atomic E-state index is -0.604. The van der Waals surface area contributed by atoms with Crippen molar-refractivity contribution in [2.24, 2.45) is 5.10 Å². The van der Waals surface area contributed by atoms with E-state index in [1.165, 1.54) is 37.6 Å². The van der Waals surface area contributed by atoms with Gasteiger partial charge in [-0.2, -0.15) is 5.10 Å². The second-order valence-corrected chi connectivity index (χ2v) is 4.72. The number of rotatable bonds is 4. The van der Waals surface area contributed by atoms with Crippen molar-refractivity contribution in [2.75, 3.05) is 7.11 Å². The Labute approximate surface area is 131 Å². The number of hydrazone groups is 1. The van der Waals surface area contributed by atoms with Crippen molar-refractivity contribution >= 4 is 23.7 Å². The smallest absolute Gasteiger partial charge is 0.275 e. The summed E-state index contributed by atoms with van der Waals surface area (Å²) in [5.74, 6) is -0.314. The Morgan fingerprint density at radius 3 is 2.68 bits per heavy atom. The summed E-state index contributed by atoms with van der Waals surface area (Å²) >= 11 is 5.69. The lowest BCUT2D eigenvalue weighted by Crippen LogP contribution is -2.17. The Kier molecular flexibility index (Phi) is 4.85. The van der Waals surface area contributed by atoms with Crippen LogP contribution in [0.3, 0.4) is 0 Å². The van der Waals surface area contributed by atoms with Gasteiger partial charge in [0.05, 0.1) is 18.9 Å². The first-order valence-electron chi connectivity index (χ1n) is 6.20. The van der Waals surface area contributed by atoms with E-state index in [0.717, 1.165) is 0 Å². The number of nitrogens with zero attached hydrogens (tertiary/aromatic N) is 1. The van der Waals surface area contributed by atoms with Crippen LogP contribution in [0.2, 0.25) is 5.02 Å². The number of halogens is 1.